The van der Waals surface area contributed by atoms with Gasteiger partial charge in [0, 0.05) is 55.6 Å². The van der Waals surface area contributed by atoms with E-state index in [9.17, 15) is 29.7 Å². The van der Waals surface area contributed by atoms with Gasteiger partial charge in [-0.15, -0.1) is 0 Å². The largest absolute Gasteiger partial charge is 0.371 e. The fraction of sp³-hybridized carbons (Fsp3) is 0.526. The third kappa shape index (κ3) is 5.88. The zero-order valence-electron chi connectivity index (χ0n) is 30.1. The number of nitriles is 2. The summed E-state index contributed by atoms with van der Waals surface area (Å²) in [5, 5.41) is 24.6. The molecule has 2 aliphatic heterocycles. The van der Waals surface area contributed by atoms with Gasteiger partial charge >= 0.3 is 11.4 Å². The highest BCUT2D eigenvalue weighted by molar-refractivity contribution is 5.88. The van der Waals surface area contributed by atoms with Crippen molar-refractivity contribution in [3.63, 3.8) is 0 Å². The van der Waals surface area contributed by atoms with Gasteiger partial charge < -0.3 is 21.4 Å². The molecule has 0 radical (unpaired) electrons. The van der Waals surface area contributed by atoms with Crippen molar-refractivity contribution in [2.45, 2.75) is 89.0 Å². The lowest BCUT2D eigenvalue weighted by molar-refractivity contribution is 0.211. The fourth-order valence-corrected chi connectivity index (χ4v) is 9.04. The quantitative estimate of drug-likeness (QED) is 0.137. The normalized spacial score (nSPS) is 21.9. The minimum Gasteiger partial charge on any atom is -0.371 e. The number of nitrogens with zero attached hydrogens (tertiary/aromatic N) is 7. The summed E-state index contributed by atoms with van der Waals surface area (Å²) in [6, 6.07) is 11.6. The van der Waals surface area contributed by atoms with Crippen molar-refractivity contribution in [3.8, 4) is 12.1 Å². The first-order valence-corrected chi connectivity index (χ1v) is 18.6. The summed E-state index contributed by atoms with van der Waals surface area (Å²) in [4.78, 5) is 58.4. The van der Waals surface area contributed by atoms with E-state index in [1.54, 1.807) is 21.3 Å². The lowest BCUT2D eigenvalue weighted by atomic mass is 9.87. The topological polar surface area (TPSA) is 217 Å². The van der Waals surface area contributed by atoms with Gasteiger partial charge in [0.1, 0.15) is 0 Å². The fourth-order valence-electron chi connectivity index (χ4n) is 9.04. The lowest BCUT2D eigenvalue weighted by Gasteiger charge is -2.37. The Bertz CT molecular complexity index is 2480. The Morgan fingerprint density at radius 3 is 2.11 bits per heavy atom. The van der Waals surface area contributed by atoms with Gasteiger partial charge in [-0.25, -0.2) is 9.59 Å². The summed E-state index contributed by atoms with van der Waals surface area (Å²) >= 11 is 0. The Kier molecular flexibility index (Phi) is 8.46. The molecule has 15 heteroatoms. The van der Waals surface area contributed by atoms with Crippen molar-refractivity contribution in [1.29, 1.82) is 10.5 Å². The molecule has 4 atom stereocenters. The average molecular weight is 720 g/mol. The number of anilines is 2. The highest BCUT2D eigenvalue weighted by atomic mass is 16.2. The van der Waals surface area contributed by atoms with E-state index in [0.29, 0.717) is 59.0 Å². The molecule has 8 rings (SSSR count). The van der Waals surface area contributed by atoms with Gasteiger partial charge in [-0.05, 0) is 100 Å². The molecule has 4 fully saturated rings. The first kappa shape index (κ1) is 34.7. The number of aromatic amines is 1. The third-order valence-electron chi connectivity index (χ3n) is 12.1. The molecule has 53 heavy (non-hydrogen) atoms. The second-order valence-electron chi connectivity index (χ2n) is 15.6. The monoisotopic (exact) mass is 719 g/mol. The summed E-state index contributed by atoms with van der Waals surface area (Å²) in [5.74, 6) is 5.90. The van der Waals surface area contributed by atoms with E-state index in [1.165, 1.54) is 0 Å². The number of fused-ring (bicyclic) bond motifs is 2. The smallest absolute Gasteiger partial charge is 0.350 e. The number of aryl methyl sites for hydroxylation is 2. The van der Waals surface area contributed by atoms with Crippen LogP contribution in [0, 0.1) is 48.3 Å². The maximum Gasteiger partial charge on any atom is 0.350 e. The number of H-pyrrole nitrogens is 1. The van der Waals surface area contributed by atoms with Crippen LogP contribution in [0.4, 0.5) is 11.4 Å². The Morgan fingerprint density at radius 1 is 0.868 bits per heavy atom. The summed E-state index contributed by atoms with van der Waals surface area (Å²) in [6.45, 7) is 6.57. The molecule has 15 nitrogen and oxygen atoms in total. The predicted molar refractivity (Wildman–Crippen MR) is 202 cm³/mol. The number of hydrogen-bond acceptors (Lipinski definition) is 11. The first-order valence-electron chi connectivity index (χ1n) is 18.6. The van der Waals surface area contributed by atoms with E-state index >= 15 is 0 Å². The minimum atomic E-state index is -1.12. The molecule has 6 N–H and O–H groups in total. The molecule has 276 valence electrons. The number of benzene rings is 2. The Labute approximate surface area is 305 Å². The van der Waals surface area contributed by atoms with Crippen LogP contribution in [0.1, 0.15) is 74.6 Å². The van der Waals surface area contributed by atoms with Gasteiger partial charge in [0.25, 0.3) is 11.1 Å². The van der Waals surface area contributed by atoms with Crippen LogP contribution < -0.4 is 49.2 Å². The van der Waals surface area contributed by atoms with Crippen LogP contribution in [0.15, 0.2) is 43.4 Å². The molecule has 2 aliphatic carbocycles. The second kappa shape index (κ2) is 12.9. The van der Waals surface area contributed by atoms with Crippen molar-refractivity contribution < 1.29 is 0 Å². The van der Waals surface area contributed by atoms with Crippen molar-refractivity contribution in [3.05, 3.63) is 77.1 Å². The Balaban J connectivity index is 0.990. The van der Waals surface area contributed by atoms with Gasteiger partial charge in [0.2, 0.25) is 0 Å². The van der Waals surface area contributed by atoms with E-state index in [4.69, 9.17) is 11.6 Å². The van der Waals surface area contributed by atoms with Gasteiger partial charge in [-0.2, -0.15) is 15.2 Å². The maximum absolute atomic E-state index is 13.1. The van der Waals surface area contributed by atoms with Crippen LogP contribution in [0.2, 0.25) is 0 Å². The number of nitrogens with two attached hydrogens (primary N) is 2. The number of nitrogen functional groups attached to an aromatic ring is 1. The van der Waals surface area contributed by atoms with Crippen molar-refractivity contribution in [2.24, 2.45) is 17.6 Å². The molecule has 4 aliphatic rings. The molecule has 2 saturated carbocycles. The van der Waals surface area contributed by atoms with Crippen molar-refractivity contribution in [2.75, 3.05) is 41.8 Å². The highest BCUT2D eigenvalue weighted by Crippen LogP contribution is 2.40. The van der Waals surface area contributed by atoms with Crippen molar-refractivity contribution >= 4 is 33.2 Å². The van der Waals surface area contributed by atoms with E-state index < -0.39 is 23.0 Å². The van der Waals surface area contributed by atoms with Crippen LogP contribution in [0.25, 0.3) is 21.8 Å². The number of nitrogens with one attached hydrogen (secondary N) is 2. The molecule has 0 spiro atoms. The number of hydrogen-bond donors (Lipinski definition) is 4. The van der Waals surface area contributed by atoms with E-state index in [0.717, 1.165) is 61.2 Å². The lowest BCUT2D eigenvalue weighted by Crippen LogP contribution is -2.62. The molecule has 2 aromatic heterocycles. The molecule has 4 heterocycles. The van der Waals surface area contributed by atoms with Crippen LogP contribution >= 0.6 is 0 Å². The van der Waals surface area contributed by atoms with Gasteiger partial charge in [0.05, 0.1) is 52.1 Å². The Hall–Kier alpha value is -5.38. The highest BCUT2D eigenvalue weighted by Gasteiger charge is 2.42. The van der Waals surface area contributed by atoms with Crippen LogP contribution in [0.5, 0.6) is 0 Å². The predicted octanol–water partition coefficient (Wildman–Crippen LogP) is 1.96. The third-order valence-corrected chi connectivity index (χ3v) is 12.1. The molecular formula is C38H45N11O4. The molecular weight excluding hydrogens is 674 g/mol. The SMILES string of the molecule is Cc1c(N2CCC(CC(C#N)NC(N)(CC#N)C3CCN(c4ccc5c(=O)n(N)c(=O)n(C6CC6)c5c4C)C3)C2)ccc2c(=O)[nH]c(=O)n(C3CC3)c12. The van der Waals surface area contributed by atoms with Gasteiger partial charge in [0.15, 0.2) is 0 Å². The van der Waals surface area contributed by atoms with E-state index in [2.05, 4.69) is 32.2 Å². The minimum absolute atomic E-state index is 0.0145. The molecule has 2 aromatic carbocycles. The van der Waals surface area contributed by atoms with Crippen molar-refractivity contribution in [1.82, 2.24) is 24.1 Å². The Morgan fingerprint density at radius 2 is 1.47 bits per heavy atom. The zero-order valence-corrected chi connectivity index (χ0v) is 30.1. The standard InChI is InChI=1S/C38H45N11O4/c1-21-30(9-7-28-32(21)47(26-3-4-26)36(52)43-34(28)50)45-15-11-23(19-45)17-25(18-40)44-38(41,13-14-39)24-12-16-46(20-24)31-10-8-29-33(22(31)2)48(27-5-6-27)37(53)49(42)35(29)51/h7-10,23-27,44H,3-6,11-13,15-17,19-20,41-42H2,1-2H3,(H,43,50,52). The maximum atomic E-state index is 13.1. The number of aromatic nitrogens is 4. The molecule has 4 unspecified atom stereocenters. The van der Waals surface area contributed by atoms with Crippen LogP contribution in [0.3, 0.4) is 0 Å². The van der Waals surface area contributed by atoms with E-state index in [1.807, 2.05) is 26.0 Å². The zero-order chi connectivity index (χ0) is 37.3. The van der Waals surface area contributed by atoms with Crippen LogP contribution in [-0.2, 0) is 0 Å². The summed E-state index contributed by atoms with van der Waals surface area (Å²) in [5.41, 5.74) is 9.06. The van der Waals surface area contributed by atoms with Crippen LogP contribution in [-0.4, -0.2) is 56.7 Å². The molecule has 2 saturated heterocycles. The second-order valence-corrected chi connectivity index (χ2v) is 15.6. The first-order chi connectivity index (χ1) is 25.4. The number of rotatable bonds is 10. The van der Waals surface area contributed by atoms with Gasteiger partial charge in [-0.3, -0.25) is 29.0 Å². The molecule has 0 amide bonds. The summed E-state index contributed by atoms with van der Waals surface area (Å²) < 4.78 is 4.09. The average Bonchev–Trinajstić information content (AvgIpc) is 4.06. The molecule has 4 aromatic rings. The van der Waals surface area contributed by atoms with E-state index in [-0.39, 0.29) is 41.6 Å². The molecule has 0 bridgehead atoms. The summed E-state index contributed by atoms with van der Waals surface area (Å²) in [6.07, 6.45) is 5.65. The summed E-state index contributed by atoms with van der Waals surface area (Å²) in [7, 11) is 0. The van der Waals surface area contributed by atoms with Gasteiger partial charge in [-0.1, -0.05) is 0 Å².